The van der Waals surface area contributed by atoms with E-state index in [1.165, 1.54) is 22.7 Å². The first-order chi connectivity index (χ1) is 13.1. The van der Waals surface area contributed by atoms with E-state index >= 15 is 0 Å². The van der Waals surface area contributed by atoms with Crippen LogP contribution in [0, 0.1) is 12.8 Å². The number of carbonyl (C=O) groups is 1. The molecule has 3 rings (SSSR count). The highest BCUT2D eigenvalue weighted by atomic mass is 32.2. The number of hydrogen-bond acceptors (Lipinski definition) is 5. The van der Waals surface area contributed by atoms with Gasteiger partial charge in [-0.25, -0.2) is 9.97 Å². The van der Waals surface area contributed by atoms with Gasteiger partial charge in [0.15, 0.2) is 0 Å². The van der Waals surface area contributed by atoms with Gasteiger partial charge in [0.25, 0.3) is 10.2 Å². The molecule has 156 valence electrons. The molecule has 1 atom stereocenters. The monoisotopic (exact) mass is 409 g/mol. The average Bonchev–Trinajstić information content (AvgIpc) is 3.10. The Labute approximate surface area is 168 Å². The molecule has 1 amide bonds. The maximum atomic E-state index is 12.7. The second-order valence-electron chi connectivity index (χ2n) is 8.26. The zero-order valence-electron chi connectivity index (χ0n) is 17.5. The van der Waals surface area contributed by atoms with Gasteiger partial charge >= 0.3 is 0 Å². The summed E-state index contributed by atoms with van der Waals surface area (Å²) in [7, 11) is -0.472. The summed E-state index contributed by atoms with van der Waals surface area (Å²) in [6.45, 7) is 7.29. The third kappa shape index (κ3) is 3.92. The molecule has 28 heavy (non-hydrogen) atoms. The largest absolute Gasteiger partial charge is 0.296 e. The Kier molecular flexibility index (Phi) is 6.07. The summed E-state index contributed by atoms with van der Waals surface area (Å²) in [4.78, 5) is 23.8. The van der Waals surface area contributed by atoms with Gasteiger partial charge in [-0.15, -0.1) is 0 Å². The number of fused-ring (bicyclic) bond motifs is 1. The van der Waals surface area contributed by atoms with Crippen molar-refractivity contribution in [2.24, 2.45) is 5.92 Å². The lowest BCUT2D eigenvalue weighted by Gasteiger charge is -2.31. The number of anilines is 1. The quantitative estimate of drug-likeness (QED) is 0.718. The zero-order chi connectivity index (χ0) is 20.6. The molecule has 8 nitrogen and oxygen atoms in total. The molecule has 9 heteroatoms. The highest BCUT2D eigenvalue weighted by Crippen LogP contribution is 2.36. The number of aromatic nitrogens is 2. The zero-order valence-corrected chi connectivity index (χ0v) is 18.3. The molecule has 1 aromatic heterocycles. The Balaban J connectivity index is 2.00. The van der Waals surface area contributed by atoms with Crippen LogP contribution in [-0.2, 0) is 21.4 Å². The Morgan fingerprint density at radius 1 is 1.21 bits per heavy atom. The minimum atomic E-state index is -3.55. The Morgan fingerprint density at radius 3 is 2.57 bits per heavy atom. The summed E-state index contributed by atoms with van der Waals surface area (Å²) in [6, 6.07) is -0.389. The van der Waals surface area contributed by atoms with Crippen molar-refractivity contribution in [3.05, 3.63) is 17.1 Å². The SMILES string of the molecule is Cc1nc([C@H]2CCCN2S(=O)(=O)N(C)C)nc2c1CCC(=O)N2CCC(C)C. The summed E-state index contributed by atoms with van der Waals surface area (Å²) < 4.78 is 28.1. The van der Waals surface area contributed by atoms with Crippen LogP contribution in [0.25, 0.3) is 0 Å². The molecule has 0 aliphatic carbocycles. The fourth-order valence-electron chi connectivity index (χ4n) is 3.85. The predicted octanol–water partition coefficient (Wildman–Crippen LogP) is 2.05. The number of nitrogens with zero attached hydrogens (tertiary/aromatic N) is 5. The lowest BCUT2D eigenvalue weighted by atomic mass is 10.0. The number of rotatable bonds is 6. The third-order valence-electron chi connectivity index (χ3n) is 5.54. The van der Waals surface area contributed by atoms with Crippen molar-refractivity contribution in [2.45, 2.75) is 58.9 Å². The van der Waals surface area contributed by atoms with Gasteiger partial charge in [0.2, 0.25) is 5.91 Å². The Hall–Kier alpha value is -1.58. The van der Waals surface area contributed by atoms with E-state index in [4.69, 9.17) is 4.98 Å². The van der Waals surface area contributed by atoms with Crippen LogP contribution in [0.4, 0.5) is 5.82 Å². The maximum absolute atomic E-state index is 12.7. The van der Waals surface area contributed by atoms with Crippen LogP contribution in [0.15, 0.2) is 0 Å². The second-order valence-corrected chi connectivity index (χ2v) is 10.4. The molecular weight excluding hydrogens is 378 g/mol. The van der Waals surface area contributed by atoms with Gasteiger partial charge in [-0.3, -0.25) is 9.69 Å². The summed E-state index contributed by atoms with van der Waals surface area (Å²) in [5.41, 5.74) is 1.85. The van der Waals surface area contributed by atoms with Gasteiger partial charge in [-0.1, -0.05) is 13.8 Å². The number of hydrogen-bond donors (Lipinski definition) is 0. The maximum Gasteiger partial charge on any atom is 0.282 e. The summed E-state index contributed by atoms with van der Waals surface area (Å²) in [6.07, 6.45) is 3.47. The van der Waals surface area contributed by atoms with Crippen LogP contribution < -0.4 is 4.90 Å². The van der Waals surface area contributed by atoms with Crippen molar-refractivity contribution in [2.75, 3.05) is 32.1 Å². The number of aryl methyl sites for hydroxylation is 1. The van der Waals surface area contributed by atoms with E-state index in [9.17, 15) is 13.2 Å². The molecule has 0 bridgehead atoms. The topological polar surface area (TPSA) is 86.7 Å². The summed E-state index contributed by atoms with van der Waals surface area (Å²) in [5, 5.41) is 0. The fraction of sp³-hybridized carbons (Fsp3) is 0.737. The highest BCUT2D eigenvalue weighted by Gasteiger charge is 2.39. The first-order valence-corrected chi connectivity index (χ1v) is 11.4. The standard InChI is InChI=1S/C19H31N5O3S/c1-13(2)10-12-23-17(25)9-8-15-14(3)20-18(21-19(15)23)16-7-6-11-24(16)28(26,27)22(4)5/h13,16H,6-12H2,1-5H3/t16-/m1/s1. The Morgan fingerprint density at radius 2 is 1.93 bits per heavy atom. The van der Waals surface area contributed by atoms with Crippen molar-refractivity contribution in [3.8, 4) is 0 Å². The molecule has 0 radical (unpaired) electrons. The van der Waals surface area contributed by atoms with E-state index < -0.39 is 10.2 Å². The third-order valence-corrected chi connectivity index (χ3v) is 7.50. The molecule has 2 aliphatic heterocycles. The van der Waals surface area contributed by atoms with Crippen LogP contribution >= 0.6 is 0 Å². The molecule has 1 saturated heterocycles. The molecule has 1 aromatic rings. The van der Waals surface area contributed by atoms with Gasteiger partial charge in [0.05, 0.1) is 6.04 Å². The van der Waals surface area contributed by atoms with Crippen molar-refractivity contribution in [1.82, 2.24) is 18.6 Å². The first kappa shape index (κ1) is 21.1. The Bertz CT molecular complexity index is 853. The van der Waals surface area contributed by atoms with Crippen molar-refractivity contribution in [3.63, 3.8) is 0 Å². The van der Waals surface area contributed by atoms with E-state index in [1.54, 1.807) is 4.90 Å². The van der Waals surface area contributed by atoms with Gasteiger partial charge < -0.3 is 0 Å². The van der Waals surface area contributed by atoms with Crippen molar-refractivity contribution >= 4 is 21.9 Å². The molecule has 3 heterocycles. The molecule has 0 saturated carbocycles. The lowest BCUT2D eigenvalue weighted by molar-refractivity contribution is -0.119. The van der Waals surface area contributed by atoms with Crippen LogP contribution in [-0.4, -0.2) is 60.1 Å². The van der Waals surface area contributed by atoms with Crippen LogP contribution in [0.5, 0.6) is 0 Å². The van der Waals surface area contributed by atoms with Crippen LogP contribution in [0.1, 0.15) is 62.7 Å². The first-order valence-electron chi connectivity index (χ1n) is 10.00. The summed E-state index contributed by atoms with van der Waals surface area (Å²) in [5.74, 6) is 1.74. The van der Waals surface area contributed by atoms with Gasteiger partial charge in [-0.2, -0.15) is 17.0 Å². The predicted molar refractivity (Wildman–Crippen MR) is 108 cm³/mol. The van der Waals surface area contributed by atoms with E-state index in [0.29, 0.717) is 49.9 Å². The molecule has 0 aromatic carbocycles. The van der Waals surface area contributed by atoms with Gasteiger partial charge in [0, 0.05) is 44.9 Å². The minimum absolute atomic E-state index is 0.0846. The lowest BCUT2D eigenvalue weighted by Crippen LogP contribution is -2.41. The smallest absolute Gasteiger partial charge is 0.282 e. The van der Waals surface area contributed by atoms with E-state index in [2.05, 4.69) is 18.8 Å². The number of carbonyl (C=O) groups excluding carboxylic acids is 1. The molecule has 0 N–H and O–H groups in total. The highest BCUT2D eigenvalue weighted by molar-refractivity contribution is 7.86. The fourth-order valence-corrected chi connectivity index (χ4v) is 5.15. The molecule has 0 unspecified atom stereocenters. The van der Waals surface area contributed by atoms with Crippen LogP contribution in [0.2, 0.25) is 0 Å². The summed E-state index contributed by atoms with van der Waals surface area (Å²) >= 11 is 0. The second kappa shape index (κ2) is 8.04. The van der Waals surface area contributed by atoms with Crippen LogP contribution in [0.3, 0.4) is 0 Å². The molecule has 1 fully saturated rings. The van der Waals surface area contributed by atoms with E-state index in [0.717, 1.165) is 24.1 Å². The average molecular weight is 410 g/mol. The van der Waals surface area contributed by atoms with Gasteiger partial charge in [-0.05, 0) is 38.5 Å². The number of amides is 1. The minimum Gasteiger partial charge on any atom is -0.296 e. The molecular formula is C19H31N5O3S. The van der Waals surface area contributed by atoms with E-state index in [1.807, 2.05) is 6.92 Å². The van der Waals surface area contributed by atoms with Crippen molar-refractivity contribution < 1.29 is 13.2 Å². The van der Waals surface area contributed by atoms with Crippen molar-refractivity contribution in [1.29, 1.82) is 0 Å². The van der Waals surface area contributed by atoms with E-state index in [-0.39, 0.29) is 11.9 Å². The molecule has 0 spiro atoms. The molecule has 2 aliphatic rings. The van der Waals surface area contributed by atoms with Gasteiger partial charge in [0.1, 0.15) is 11.6 Å². The normalized spacial score (nSPS) is 21.0.